The number of hydrogen-bond acceptors (Lipinski definition) is 5. The van der Waals surface area contributed by atoms with Crippen molar-refractivity contribution >= 4 is 28.8 Å². The highest BCUT2D eigenvalue weighted by Gasteiger charge is 2.40. The molecule has 2 aromatic rings. The smallest absolute Gasteiger partial charge is 0.301 e. The van der Waals surface area contributed by atoms with Crippen molar-refractivity contribution in [1.29, 1.82) is 0 Å². The Morgan fingerprint density at radius 1 is 0.897 bits per heavy atom. The number of nitrogens with zero attached hydrogens (tertiary/aromatic N) is 2. The average Bonchev–Trinajstić information content (AvgIpc) is 2.97. The Balaban J connectivity index is 1.85. The lowest BCUT2D eigenvalue weighted by Crippen LogP contribution is -2.31. The van der Waals surface area contributed by atoms with E-state index >= 15 is 0 Å². The molecule has 0 radical (unpaired) electrons. The fourth-order valence-corrected chi connectivity index (χ4v) is 3.35. The van der Waals surface area contributed by atoms with E-state index in [0.717, 1.165) is 30.1 Å². The first-order valence-electron chi connectivity index (χ1n) is 9.92. The zero-order chi connectivity index (χ0) is 21.0. The molecular weight excluding hydrogens is 368 g/mol. The van der Waals surface area contributed by atoms with Gasteiger partial charge in [-0.05, 0) is 62.2 Å². The molecule has 0 bridgehead atoms. The lowest BCUT2D eigenvalue weighted by atomic mass is 10.1. The quantitative estimate of drug-likeness (QED) is 0.681. The van der Waals surface area contributed by atoms with Gasteiger partial charge in [0.05, 0.1) is 17.9 Å². The molecule has 1 aliphatic heterocycles. The number of carbonyl (C=O) groups excluding carboxylic acids is 2. The number of aliphatic hydroxyl groups is 1. The van der Waals surface area contributed by atoms with Gasteiger partial charge in [0.2, 0.25) is 0 Å². The summed E-state index contributed by atoms with van der Waals surface area (Å²) in [6.07, 6.45) is 0.892. The molecule has 0 fully saturated rings. The highest BCUT2D eigenvalue weighted by Crippen LogP contribution is 2.33. The molecule has 29 heavy (non-hydrogen) atoms. The molecule has 1 aliphatic rings. The van der Waals surface area contributed by atoms with Gasteiger partial charge in [0.15, 0.2) is 5.76 Å². The van der Waals surface area contributed by atoms with Crippen molar-refractivity contribution in [2.75, 3.05) is 29.5 Å². The topological polar surface area (TPSA) is 70.1 Å². The van der Waals surface area contributed by atoms with Crippen LogP contribution in [0, 0.1) is 0 Å². The molecule has 6 heteroatoms. The molecular formula is C23H26N2O4. The lowest BCUT2D eigenvalue weighted by Gasteiger charge is -2.22. The van der Waals surface area contributed by atoms with Gasteiger partial charge in [0.25, 0.3) is 5.91 Å². The van der Waals surface area contributed by atoms with E-state index in [9.17, 15) is 14.7 Å². The summed E-state index contributed by atoms with van der Waals surface area (Å²) >= 11 is 0. The molecule has 0 spiro atoms. The van der Waals surface area contributed by atoms with Crippen LogP contribution in [0.1, 0.15) is 32.8 Å². The predicted molar refractivity (Wildman–Crippen MR) is 114 cm³/mol. The van der Waals surface area contributed by atoms with Crippen LogP contribution in [0.3, 0.4) is 0 Å². The third-order valence-electron chi connectivity index (χ3n) is 4.91. The summed E-state index contributed by atoms with van der Waals surface area (Å²) in [5.41, 5.74) is 1.93. The Morgan fingerprint density at radius 2 is 1.52 bits per heavy atom. The van der Waals surface area contributed by atoms with Crippen LogP contribution < -0.4 is 14.5 Å². The highest BCUT2D eigenvalue weighted by atomic mass is 16.5. The number of carbonyl (C=O) groups is 2. The number of benzene rings is 2. The molecule has 0 saturated carbocycles. The fourth-order valence-electron chi connectivity index (χ4n) is 3.35. The molecule has 0 saturated heterocycles. The van der Waals surface area contributed by atoms with Crippen LogP contribution in [0.4, 0.5) is 11.4 Å². The fraction of sp³-hybridized carbons (Fsp3) is 0.304. The van der Waals surface area contributed by atoms with Gasteiger partial charge in [-0.3, -0.25) is 9.59 Å². The highest BCUT2D eigenvalue weighted by molar-refractivity contribution is 6.44. The Hall–Kier alpha value is -3.28. The van der Waals surface area contributed by atoms with Crippen molar-refractivity contribution < 1.29 is 19.4 Å². The predicted octanol–water partition coefficient (Wildman–Crippen LogP) is 4.16. The number of ether oxygens (including phenoxy) is 1. The minimum Gasteiger partial charge on any atom is -0.502 e. The van der Waals surface area contributed by atoms with Crippen molar-refractivity contribution in [1.82, 2.24) is 0 Å². The number of aliphatic hydroxyl groups excluding tert-OH is 1. The zero-order valence-electron chi connectivity index (χ0n) is 17.0. The van der Waals surface area contributed by atoms with E-state index in [4.69, 9.17) is 4.74 Å². The van der Waals surface area contributed by atoms with E-state index < -0.39 is 17.6 Å². The number of amides is 2. The van der Waals surface area contributed by atoms with Gasteiger partial charge in [-0.25, -0.2) is 4.90 Å². The Labute approximate surface area is 171 Å². The van der Waals surface area contributed by atoms with Crippen molar-refractivity contribution in [3.63, 3.8) is 0 Å². The minimum atomic E-state index is -0.716. The maximum Gasteiger partial charge on any atom is 0.301 e. The van der Waals surface area contributed by atoms with E-state index in [1.807, 2.05) is 19.1 Å². The minimum absolute atomic E-state index is 0.00450. The van der Waals surface area contributed by atoms with Crippen molar-refractivity contribution in [3.8, 4) is 5.75 Å². The van der Waals surface area contributed by atoms with Gasteiger partial charge in [-0.15, -0.1) is 0 Å². The van der Waals surface area contributed by atoms with Crippen molar-refractivity contribution in [2.24, 2.45) is 0 Å². The van der Waals surface area contributed by atoms with E-state index in [-0.39, 0.29) is 5.57 Å². The maximum absolute atomic E-state index is 13.0. The Bertz CT molecular complexity index is 913. The van der Waals surface area contributed by atoms with Crippen LogP contribution >= 0.6 is 0 Å². The summed E-state index contributed by atoms with van der Waals surface area (Å²) in [7, 11) is 0. The van der Waals surface area contributed by atoms with Crippen LogP contribution in [-0.4, -0.2) is 36.6 Å². The molecule has 152 valence electrons. The first-order valence-corrected chi connectivity index (χ1v) is 9.92. The Morgan fingerprint density at radius 3 is 2.07 bits per heavy atom. The molecule has 2 amide bonds. The molecule has 6 nitrogen and oxygen atoms in total. The summed E-state index contributed by atoms with van der Waals surface area (Å²) in [6, 6.07) is 14.0. The summed E-state index contributed by atoms with van der Waals surface area (Å²) in [5, 5.41) is 10.4. The second-order valence-electron chi connectivity index (χ2n) is 6.73. The molecule has 3 rings (SSSR count). The third-order valence-corrected chi connectivity index (χ3v) is 4.91. The molecule has 0 aromatic heterocycles. The van der Waals surface area contributed by atoms with Gasteiger partial charge in [-0.2, -0.15) is 0 Å². The van der Waals surface area contributed by atoms with Crippen molar-refractivity contribution in [3.05, 3.63) is 59.9 Å². The van der Waals surface area contributed by atoms with E-state index in [1.165, 1.54) is 0 Å². The summed E-state index contributed by atoms with van der Waals surface area (Å²) in [5.74, 6) is -1.11. The number of imide groups is 1. The normalized spacial score (nSPS) is 14.0. The zero-order valence-corrected chi connectivity index (χ0v) is 17.0. The summed E-state index contributed by atoms with van der Waals surface area (Å²) in [4.78, 5) is 28.7. The molecule has 0 atom stereocenters. The summed E-state index contributed by atoms with van der Waals surface area (Å²) in [6.45, 7) is 8.48. The lowest BCUT2D eigenvalue weighted by molar-refractivity contribution is -0.121. The maximum atomic E-state index is 13.0. The SMILES string of the molecule is CCCOc1ccc(C2=C(O)C(=O)N(c3ccc(N(CC)CC)cc3)C2=O)cc1. The van der Waals surface area contributed by atoms with Gasteiger partial charge in [0.1, 0.15) is 5.75 Å². The first kappa shape index (κ1) is 20.5. The Kier molecular flexibility index (Phi) is 6.22. The van der Waals surface area contributed by atoms with Crippen LogP contribution in [0.15, 0.2) is 54.3 Å². The molecule has 0 unspecified atom stereocenters. The van der Waals surface area contributed by atoms with Crippen LogP contribution in [0.25, 0.3) is 5.57 Å². The largest absolute Gasteiger partial charge is 0.502 e. The number of rotatable bonds is 8. The molecule has 1 N–H and O–H groups in total. The van der Waals surface area contributed by atoms with E-state index in [2.05, 4.69) is 18.7 Å². The van der Waals surface area contributed by atoms with Crippen molar-refractivity contribution in [2.45, 2.75) is 27.2 Å². The third kappa shape index (κ3) is 3.97. The van der Waals surface area contributed by atoms with E-state index in [1.54, 1.807) is 36.4 Å². The monoisotopic (exact) mass is 394 g/mol. The number of hydrogen-bond donors (Lipinski definition) is 1. The molecule has 2 aromatic carbocycles. The van der Waals surface area contributed by atoms with Gasteiger partial charge < -0.3 is 14.7 Å². The molecule has 1 heterocycles. The van der Waals surface area contributed by atoms with Crippen LogP contribution in [-0.2, 0) is 9.59 Å². The second kappa shape index (κ2) is 8.82. The first-order chi connectivity index (χ1) is 14.0. The van der Waals surface area contributed by atoms with Crippen LogP contribution in [0.2, 0.25) is 0 Å². The number of anilines is 2. The van der Waals surface area contributed by atoms with Gasteiger partial charge >= 0.3 is 5.91 Å². The average molecular weight is 394 g/mol. The van der Waals surface area contributed by atoms with E-state index in [0.29, 0.717) is 23.6 Å². The molecule has 0 aliphatic carbocycles. The van der Waals surface area contributed by atoms with Crippen LogP contribution in [0.5, 0.6) is 5.75 Å². The second-order valence-corrected chi connectivity index (χ2v) is 6.73. The van der Waals surface area contributed by atoms with Gasteiger partial charge in [0, 0.05) is 18.8 Å². The summed E-state index contributed by atoms with van der Waals surface area (Å²) < 4.78 is 5.54. The van der Waals surface area contributed by atoms with Gasteiger partial charge in [-0.1, -0.05) is 19.1 Å². The standard InChI is InChI=1S/C23H26N2O4/c1-4-15-29-19-13-7-16(8-14-19)20-21(26)23(28)25(22(20)27)18-11-9-17(10-12-18)24(5-2)6-3/h7-14,26H,4-6,15H2,1-3H3.